The molecule has 20 heavy (non-hydrogen) atoms. The molecule has 2 amide bonds. The van der Waals surface area contributed by atoms with Gasteiger partial charge in [-0.05, 0) is 31.3 Å². The second kappa shape index (κ2) is 5.66. The summed E-state index contributed by atoms with van der Waals surface area (Å²) in [4.78, 5) is 25.5. The Kier molecular flexibility index (Phi) is 4.12. The van der Waals surface area contributed by atoms with Gasteiger partial charge < -0.3 is 21.3 Å². The van der Waals surface area contributed by atoms with Gasteiger partial charge in [0.1, 0.15) is 16.6 Å². The molecule has 4 N–H and O–H groups in total. The van der Waals surface area contributed by atoms with Crippen LogP contribution in [0.15, 0.2) is 0 Å². The summed E-state index contributed by atoms with van der Waals surface area (Å²) in [5.74, 6) is -0.114. The fourth-order valence-corrected chi connectivity index (χ4v) is 2.55. The predicted molar refractivity (Wildman–Crippen MR) is 78.8 cm³/mol. The third-order valence-electron chi connectivity index (χ3n) is 3.02. The molecule has 0 bridgehead atoms. The van der Waals surface area contributed by atoms with Crippen molar-refractivity contribution in [2.24, 2.45) is 0 Å². The number of nitrogens with two attached hydrogens (primary N) is 1. The summed E-state index contributed by atoms with van der Waals surface area (Å²) in [5, 5.41) is 6.42. The lowest BCUT2D eigenvalue weighted by atomic mass is 10.2. The highest BCUT2D eigenvalue weighted by molar-refractivity contribution is 7.11. The van der Waals surface area contributed by atoms with Gasteiger partial charge in [0.15, 0.2) is 5.82 Å². The molecule has 0 spiro atoms. The molecule has 2 rings (SSSR count). The summed E-state index contributed by atoms with van der Waals surface area (Å²) in [6.45, 7) is 1.74. The van der Waals surface area contributed by atoms with Crippen molar-refractivity contribution in [3.8, 4) is 0 Å². The molecule has 1 aliphatic rings. The Morgan fingerprint density at radius 3 is 2.65 bits per heavy atom. The highest BCUT2D eigenvalue weighted by Crippen LogP contribution is 2.29. The first kappa shape index (κ1) is 14.6. The topological polar surface area (TPSA) is 100 Å². The summed E-state index contributed by atoms with van der Waals surface area (Å²) in [6.07, 6.45) is 2.00. The summed E-state index contributed by atoms with van der Waals surface area (Å²) >= 11 is 1.09. The molecule has 7 nitrogen and oxygen atoms in total. The third kappa shape index (κ3) is 3.19. The minimum atomic E-state index is -0.447. The van der Waals surface area contributed by atoms with E-state index in [-0.39, 0.29) is 23.7 Å². The molecule has 1 aromatic rings. The number of carbonyl (C=O) groups excluding carboxylic acids is 2. The van der Waals surface area contributed by atoms with Crippen molar-refractivity contribution in [3.05, 3.63) is 5.56 Å². The number of hydrogen-bond donors (Lipinski definition) is 3. The molecular weight excluding hydrogens is 278 g/mol. The average Bonchev–Trinajstić information content (AvgIpc) is 3.11. The van der Waals surface area contributed by atoms with Gasteiger partial charge in [-0.25, -0.2) is 0 Å². The number of hydrogen-bond acceptors (Lipinski definition) is 6. The molecular formula is C12H19N5O2S. The maximum absolute atomic E-state index is 12.1. The van der Waals surface area contributed by atoms with Crippen molar-refractivity contribution < 1.29 is 9.59 Å². The van der Waals surface area contributed by atoms with Crippen molar-refractivity contribution in [2.75, 3.05) is 25.1 Å². The number of rotatable bonds is 5. The Balaban J connectivity index is 2.11. The number of likely N-dealkylation sites (N-methyl/N-ethyl adjacent to an activating group) is 1. The van der Waals surface area contributed by atoms with E-state index in [0.717, 1.165) is 24.4 Å². The number of anilines is 2. The van der Waals surface area contributed by atoms with Crippen LogP contribution in [-0.4, -0.2) is 47.3 Å². The summed E-state index contributed by atoms with van der Waals surface area (Å²) in [7, 11) is 3.37. The van der Waals surface area contributed by atoms with Gasteiger partial charge in [0, 0.05) is 20.1 Å². The molecule has 0 radical (unpaired) electrons. The molecule has 1 atom stereocenters. The monoisotopic (exact) mass is 297 g/mol. The highest BCUT2D eigenvalue weighted by atomic mass is 32.1. The van der Waals surface area contributed by atoms with Crippen LogP contribution in [0, 0.1) is 0 Å². The van der Waals surface area contributed by atoms with Crippen molar-refractivity contribution in [2.45, 2.75) is 31.8 Å². The van der Waals surface area contributed by atoms with E-state index in [1.807, 2.05) is 0 Å². The van der Waals surface area contributed by atoms with E-state index in [1.54, 1.807) is 21.0 Å². The first-order valence-electron chi connectivity index (χ1n) is 6.44. The standard InChI is InChI=1S/C12H19N5O2S/c1-6(12(19)17(2)3)14-11-8(9(13)16-20-11)10(18)15-7-4-5-7/h6-7,14H,4-5H2,1-3H3,(H2,13,16)(H,15,18). The number of nitrogens with one attached hydrogen (secondary N) is 2. The van der Waals surface area contributed by atoms with Crippen LogP contribution in [-0.2, 0) is 4.79 Å². The summed E-state index contributed by atoms with van der Waals surface area (Å²) < 4.78 is 3.99. The van der Waals surface area contributed by atoms with E-state index >= 15 is 0 Å². The average molecular weight is 297 g/mol. The van der Waals surface area contributed by atoms with Crippen LogP contribution in [0.1, 0.15) is 30.1 Å². The second-order valence-corrected chi connectivity index (χ2v) is 5.89. The van der Waals surface area contributed by atoms with E-state index in [1.165, 1.54) is 4.90 Å². The van der Waals surface area contributed by atoms with Crippen LogP contribution in [0.25, 0.3) is 0 Å². The quantitative estimate of drug-likeness (QED) is 0.735. The molecule has 1 unspecified atom stereocenters. The van der Waals surface area contributed by atoms with E-state index in [0.29, 0.717) is 10.6 Å². The first-order valence-corrected chi connectivity index (χ1v) is 7.21. The number of carbonyl (C=O) groups is 2. The minimum Gasteiger partial charge on any atom is -0.382 e. The Bertz CT molecular complexity index is 524. The van der Waals surface area contributed by atoms with Crippen LogP contribution >= 0.6 is 11.5 Å². The lowest BCUT2D eigenvalue weighted by molar-refractivity contribution is -0.129. The van der Waals surface area contributed by atoms with Crippen molar-refractivity contribution in [1.29, 1.82) is 0 Å². The van der Waals surface area contributed by atoms with Gasteiger partial charge in [-0.15, -0.1) is 0 Å². The SMILES string of the molecule is CC(Nc1snc(N)c1C(=O)NC1CC1)C(=O)N(C)C. The van der Waals surface area contributed by atoms with Gasteiger partial charge in [0.2, 0.25) is 5.91 Å². The van der Waals surface area contributed by atoms with E-state index in [4.69, 9.17) is 5.73 Å². The predicted octanol–water partition coefficient (Wildman–Crippen LogP) is 0.506. The smallest absolute Gasteiger partial charge is 0.258 e. The largest absolute Gasteiger partial charge is 0.382 e. The van der Waals surface area contributed by atoms with Gasteiger partial charge in [-0.1, -0.05) is 0 Å². The maximum atomic E-state index is 12.1. The molecule has 110 valence electrons. The van der Waals surface area contributed by atoms with Gasteiger partial charge >= 0.3 is 0 Å². The third-order valence-corrected chi connectivity index (χ3v) is 3.81. The van der Waals surface area contributed by atoms with Gasteiger partial charge in [-0.2, -0.15) is 4.37 Å². The Labute approximate surface area is 121 Å². The highest BCUT2D eigenvalue weighted by Gasteiger charge is 2.28. The molecule has 1 saturated carbocycles. The summed E-state index contributed by atoms with van der Waals surface area (Å²) in [6, 6.07) is -0.201. The van der Waals surface area contributed by atoms with Crippen molar-refractivity contribution in [3.63, 3.8) is 0 Å². The lowest BCUT2D eigenvalue weighted by Gasteiger charge is -2.18. The van der Waals surface area contributed by atoms with Crippen LogP contribution in [0.4, 0.5) is 10.8 Å². The van der Waals surface area contributed by atoms with E-state index in [9.17, 15) is 9.59 Å². The zero-order valence-electron chi connectivity index (χ0n) is 11.8. The molecule has 1 heterocycles. The maximum Gasteiger partial charge on any atom is 0.258 e. The number of nitrogen functional groups attached to an aromatic ring is 1. The first-order chi connectivity index (χ1) is 9.40. The van der Waals surface area contributed by atoms with Gasteiger partial charge in [0.25, 0.3) is 5.91 Å². The minimum absolute atomic E-state index is 0.0782. The normalized spacial score (nSPS) is 15.6. The van der Waals surface area contributed by atoms with Gasteiger partial charge in [0.05, 0.1) is 0 Å². The molecule has 8 heteroatoms. The Morgan fingerprint density at radius 2 is 2.10 bits per heavy atom. The second-order valence-electron chi connectivity index (χ2n) is 5.12. The van der Waals surface area contributed by atoms with Crippen LogP contribution in [0.5, 0.6) is 0 Å². The Morgan fingerprint density at radius 1 is 1.45 bits per heavy atom. The van der Waals surface area contributed by atoms with Crippen molar-refractivity contribution in [1.82, 2.24) is 14.6 Å². The zero-order valence-corrected chi connectivity index (χ0v) is 12.6. The number of aromatic nitrogens is 1. The molecule has 0 aliphatic heterocycles. The van der Waals surface area contributed by atoms with Crippen LogP contribution < -0.4 is 16.4 Å². The number of amides is 2. The lowest BCUT2D eigenvalue weighted by Crippen LogP contribution is -2.37. The zero-order chi connectivity index (χ0) is 14.9. The molecule has 1 aromatic heterocycles. The number of nitrogens with zero attached hydrogens (tertiary/aromatic N) is 2. The molecule has 0 aromatic carbocycles. The summed E-state index contributed by atoms with van der Waals surface area (Å²) in [5.41, 5.74) is 6.09. The Hall–Kier alpha value is -1.83. The molecule has 1 aliphatic carbocycles. The van der Waals surface area contributed by atoms with E-state index < -0.39 is 6.04 Å². The van der Waals surface area contributed by atoms with Gasteiger partial charge in [-0.3, -0.25) is 9.59 Å². The fourth-order valence-electron chi connectivity index (χ4n) is 1.75. The molecule has 0 saturated heterocycles. The van der Waals surface area contributed by atoms with Crippen LogP contribution in [0.2, 0.25) is 0 Å². The van der Waals surface area contributed by atoms with Crippen LogP contribution in [0.3, 0.4) is 0 Å². The molecule has 1 fully saturated rings. The fraction of sp³-hybridized carbons (Fsp3) is 0.583. The van der Waals surface area contributed by atoms with E-state index in [2.05, 4.69) is 15.0 Å². The van der Waals surface area contributed by atoms with Crippen molar-refractivity contribution >= 4 is 34.2 Å².